The van der Waals surface area contributed by atoms with Crippen LogP contribution in [0.15, 0.2) is 53.6 Å². The first-order chi connectivity index (χ1) is 12.8. The minimum atomic E-state index is 0.0367. The van der Waals surface area contributed by atoms with Crippen molar-refractivity contribution in [3.8, 4) is 11.4 Å². The lowest BCUT2D eigenvalue weighted by atomic mass is 9.80. The Bertz CT molecular complexity index is 859. The van der Waals surface area contributed by atoms with E-state index in [-0.39, 0.29) is 5.41 Å². The molecule has 0 bridgehead atoms. The highest BCUT2D eigenvalue weighted by Crippen LogP contribution is 2.50. The summed E-state index contributed by atoms with van der Waals surface area (Å²) in [6.45, 7) is 4.15. The Morgan fingerprint density at radius 2 is 2.12 bits per heavy atom. The number of benzene rings is 1. The molecule has 26 heavy (non-hydrogen) atoms. The van der Waals surface area contributed by atoms with Gasteiger partial charge in [0, 0.05) is 44.1 Å². The first-order valence-electron chi connectivity index (χ1n) is 9.41. The molecule has 1 saturated carbocycles. The van der Waals surface area contributed by atoms with Gasteiger partial charge in [0.2, 0.25) is 11.7 Å². The minimum absolute atomic E-state index is 0.0367. The quantitative estimate of drug-likeness (QED) is 0.709. The summed E-state index contributed by atoms with van der Waals surface area (Å²) in [6.07, 6.45) is 9.40. The molecule has 0 N–H and O–H groups in total. The number of fused-ring (bicyclic) bond motifs is 1. The van der Waals surface area contributed by atoms with Crippen molar-refractivity contribution in [2.75, 3.05) is 19.6 Å². The third-order valence-corrected chi connectivity index (χ3v) is 6.06. The van der Waals surface area contributed by atoms with Gasteiger partial charge in [0.25, 0.3) is 0 Å². The molecule has 6 nitrogen and oxygen atoms in total. The number of rotatable bonds is 5. The Balaban J connectivity index is 1.36. The predicted octanol–water partition coefficient (Wildman–Crippen LogP) is 2.99. The first kappa shape index (κ1) is 15.8. The van der Waals surface area contributed by atoms with Crippen LogP contribution in [-0.4, -0.2) is 44.2 Å². The second kappa shape index (κ2) is 6.36. The van der Waals surface area contributed by atoms with E-state index in [1.165, 1.54) is 12.8 Å². The number of likely N-dealkylation sites (tertiary alicyclic amines) is 1. The van der Waals surface area contributed by atoms with Crippen LogP contribution in [0.25, 0.3) is 11.4 Å². The molecule has 134 valence electrons. The lowest BCUT2D eigenvalue weighted by molar-refractivity contribution is 0.244. The molecule has 1 saturated heterocycles. The van der Waals surface area contributed by atoms with Gasteiger partial charge in [0.1, 0.15) is 0 Å². The van der Waals surface area contributed by atoms with E-state index < -0.39 is 0 Å². The van der Waals surface area contributed by atoms with E-state index >= 15 is 0 Å². The van der Waals surface area contributed by atoms with Gasteiger partial charge in [-0.25, -0.2) is 4.98 Å². The SMILES string of the molecule is c1ccc(-c2noc([C@@]34CCC[C@@H]3CN(CCn3ccnc3)C4)n2)cc1. The second-order valence-corrected chi connectivity index (χ2v) is 7.57. The molecule has 2 aromatic heterocycles. The van der Waals surface area contributed by atoms with E-state index in [4.69, 9.17) is 9.51 Å². The number of hydrogen-bond acceptors (Lipinski definition) is 5. The lowest BCUT2D eigenvalue weighted by Gasteiger charge is -2.24. The number of hydrogen-bond donors (Lipinski definition) is 0. The van der Waals surface area contributed by atoms with Gasteiger partial charge < -0.3 is 14.0 Å². The predicted molar refractivity (Wildman–Crippen MR) is 97.4 cm³/mol. The van der Waals surface area contributed by atoms with Crippen LogP contribution in [0, 0.1) is 5.92 Å². The van der Waals surface area contributed by atoms with Crippen LogP contribution < -0.4 is 0 Å². The molecule has 0 unspecified atom stereocenters. The van der Waals surface area contributed by atoms with Crippen LogP contribution in [0.3, 0.4) is 0 Å². The van der Waals surface area contributed by atoms with Crippen LogP contribution >= 0.6 is 0 Å². The topological polar surface area (TPSA) is 60.0 Å². The van der Waals surface area contributed by atoms with Crippen molar-refractivity contribution in [3.63, 3.8) is 0 Å². The van der Waals surface area contributed by atoms with Crippen molar-refractivity contribution in [2.24, 2.45) is 5.92 Å². The maximum Gasteiger partial charge on any atom is 0.234 e. The van der Waals surface area contributed by atoms with E-state index in [9.17, 15) is 0 Å². The maximum absolute atomic E-state index is 5.80. The van der Waals surface area contributed by atoms with E-state index in [0.29, 0.717) is 11.7 Å². The summed E-state index contributed by atoms with van der Waals surface area (Å²) in [6, 6.07) is 10.1. The Morgan fingerprint density at radius 3 is 2.96 bits per heavy atom. The van der Waals surface area contributed by atoms with E-state index in [2.05, 4.69) is 19.6 Å². The molecule has 1 aliphatic carbocycles. The lowest BCUT2D eigenvalue weighted by Crippen LogP contribution is -2.33. The molecule has 3 heterocycles. The molecule has 1 aromatic carbocycles. The molecule has 5 rings (SSSR count). The largest absolute Gasteiger partial charge is 0.338 e. The zero-order valence-electron chi connectivity index (χ0n) is 14.8. The van der Waals surface area contributed by atoms with Crippen molar-refractivity contribution in [1.29, 1.82) is 0 Å². The highest BCUT2D eigenvalue weighted by Gasteiger charge is 2.53. The smallest absolute Gasteiger partial charge is 0.234 e. The highest BCUT2D eigenvalue weighted by atomic mass is 16.5. The fourth-order valence-electron chi connectivity index (χ4n) is 4.72. The van der Waals surface area contributed by atoms with Crippen LogP contribution in [0.5, 0.6) is 0 Å². The molecular weight excluding hydrogens is 326 g/mol. The Kier molecular flexibility index (Phi) is 3.85. The summed E-state index contributed by atoms with van der Waals surface area (Å²) in [7, 11) is 0. The minimum Gasteiger partial charge on any atom is -0.338 e. The molecule has 2 aliphatic rings. The monoisotopic (exact) mass is 349 g/mol. The molecule has 0 radical (unpaired) electrons. The van der Waals surface area contributed by atoms with Crippen LogP contribution in [-0.2, 0) is 12.0 Å². The first-order valence-corrected chi connectivity index (χ1v) is 9.41. The van der Waals surface area contributed by atoms with Crippen LogP contribution in [0.4, 0.5) is 0 Å². The zero-order chi connectivity index (χ0) is 17.4. The molecule has 0 spiro atoms. The van der Waals surface area contributed by atoms with Gasteiger partial charge >= 0.3 is 0 Å². The standard InChI is InChI=1S/C20H23N5O/c1-2-5-16(6-3-1)18-22-19(26-23-18)20-8-4-7-17(20)13-25(14-20)12-11-24-10-9-21-15-24/h1-3,5-6,9-10,15,17H,4,7-8,11-14H2/t17-,20-/m1/s1. The molecule has 0 amide bonds. The van der Waals surface area contributed by atoms with Gasteiger partial charge in [0.15, 0.2) is 0 Å². The third kappa shape index (κ3) is 2.65. The molecule has 6 heteroatoms. The summed E-state index contributed by atoms with van der Waals surface area (Å²) in [5.74, 6) is 2.16. The average molecular weight is 349 g/mol. The highest BCUT2D eigenvalue weighted by molar-refractivity contribution is 5.53. The summed E-state index contributed by atoms with van der Waals surface area (Å²) in [5.41, 5.74) is 1.05. The van der Waals surface area contributed by atoms with Gasteiger partial charge in [-0.05, 0) is 18.8 Å². The second-order valence-electron chi connectivity index (χ2n) is 7.57. The van der Waals surface area contributed by atoms with Crippen molar-refractivity contribution >= 4 is 0 Å². The fraction of sp³-hybridized carbons (Fsp3) is 0.450. The van der Waals surface area contributed by atoms with Crippen molar-refractivity contribution in [1.82, 2.24) is 24.6 Å². The van der Waals surface area contributed by atoms with Crippen LogP contribution in [0.1, 0.15) is 25.2 Å². The summed E-state index contributed by atoms with van der Waals surface area (Å²) in [5, 5.41) is 4.28. The number of aromatic nitrogens is 4. The fourth-order valence-corrected chi connectivity index (χ4v) is 4.72. The van der Waals surface area contributed by atoms with Gasteiger partial charge in [-0.15, -0.1) is 0 Å². The van der Waals surface area contributed by atoms with Crippen molar-refractivity contribution < 1.29 is 4.52 Å². The molecule has 1 aliphatic heterocycles. The third-order valence-electron chi connectivity index (χ3n) is 6.06. The molecule has 3 aromatic rings. The van der Waals surface area contributed by atoms with E-state index in [1.54, 1.807) is 0 Å². The Labute approximate surface area is 152 Å². The number of imidazole rings is 1. The van der Waals surface area contributed by atoms with Gasteiger partial charge in [-0.3, -0.25) is 0 Å². The Hall–Kier alpha value is -2.47. The number of nitrogens with zero attached hydrogens (tertiary/aromatic N) is 5. The summed E-state index contributed by atoms with van der Waals surface area (Å²) < 4.78 is 7.94. The molecule has 2 atom stereocenters. The average Bonchev–Trinajstić information content (AvgIpc) is 3.43. The van der Waals surface area contributed by atoms with Gasteiger partial charge in [-0.1, -0.05) is 41.9 Å². The van der Waals surface area contributed by atoms with Crippen molar-refractivity contribution in [3.05, 3.63) is 54.9 Å². The van der Waals surface area contributed by atoms with Crippen molar-refractivity contribution in [2.45, 2.75) is 31.2 Å². The normalized spacial score (nSPS) is 25.6. The molecular formula is C20H23N5O. The van der Waals surface area contributed by atoms with Crippen LogP contribution in [0.2, 0.25) is 0 Å². The summed E-state index contributed by atoms with van der Waals surface area (Å²) >= 11 is 0. The van der Waals surface area contributed by atoms with Gasteiger partial charge in [-0.2, -0.15) is 4.98 Å². The van der Waals surface area contributed by atoms with Gasteiger partial charge in [0.05, 0.1) is 11.7 Å². The van der Waals surface area contributed by atoms with E-state index in [0.717, 1.165) is 44.1 Å². The van der Waals surface area contributed by atoms with E-state index in [1.807, 2.05) is 49.1 Å². The maximum atomic E-state index is 5.80. The molecule has 2 fully saturated rings. The Morgan fingerprint density at radius 1 is 1.19 bits per heavy atom. The summed E-state index contributed by atoms with van der Waals surface area (Å²) in [4.78, 5) is 11.5. The zero-order valence-corrected chi connectivity index (χ0v) is 14.8.